The highest BCUT2D eigenvalue weighted by Crippen LogP contribution is 2.23. The number of carbonyl (C=O) groups is 2. The van der Waals surface area contributed by atoms with Crippen LogP contribution < -0.4 is 9.47 Å². The predicted molar refractivity (Wildman–Crippen MR) is 96.8 cm³/mol. The van der Waals surface area contributed by atoms with Gasteiger partial charge in [-0.05, 0) is 67.6 Å². The minimum Gasteiger partial charge on any atom is -0.497 e. The first-order valence-electron chi connectivity index (χ1n) is 8.69. The smallest absolute Gasteiger partial charge is 0.344 e. The van der Waals surface area contributed by atoms with Crippen LogP contribution in [0.2, 0.25) is 0 Å². The number of esters is 1. The molecular weight excluding hydrogens is 332 g/mol. The fraction of sp³-hybridized carbons (Fsp3) is 0.333. The molecule has 26 heavy (non-hydrogen) atoms. The van der Waals surface area contributed by atoms with Crippen molar-refractivity contribution in [3.05, 3.63) is 59.2 Å². The number of hydrogen-bond donors (Lipinski definition) is 0. The summed E-state index contributed by atoms with van der Waals surface area (Å²) in [5.74, 6) is 0.453. The number of carbonyl (C=O) groups excluding carboxylic acids is 2. The van der Waals surface area contributed by atoms with E-state index in [4.69, 9.17) is 14.2 Å². The Bertz CT molecular complexity index is 795. The fourth-order valence-corrected chi connectivity index (χ4v) is 3.06. The van der Waals surface area contributed by atoms with Crippen LogP contribution in [0.5, 0.6) is 11.5 Å². The number of ketones is 1. The first-order chi connectivity index (χ1) is 12.6. The predicted octanol–water partition coefficient (Wildman–Crippen LogP) is 3.38. The molecule has 136 valence electrons. The normalized spacial score (nSPS) is 13.6. The second-order valence-electron chi connectivity index (χ2n) is 6.30. The summed E-state index contributed by atoms with van der Waals surface area (Å²) < 4.78 is 15.6. The molecule has 0 saturated carbocycles. The number of methoxy groups -OCH3 is 1. The third-order valence-electron chi connectivity index (χ3n) is 4.48. The summed E-state index contributed by atoms with van der Waals surface area (Å²) in [6.45, 7) is 1.33. The molecule has 2 aromatic carbocycles. The van der Waals surface area contributed by atoms with Gasteiger partial charge in [0.15, 0.2) is 12.7 Å². The first kappa shape index (κ1) is 18.0. The van der Waals surface area contributed by atoms with Crippen LogP contribution in [0.15, 0.2) is 42.5 Å². The van der Waals surface area contributed by atoms with E-state index in [9.17, 15) is 9.59 Å². The zero-order valence-corrected chi connectivity index (χ0v) is 15.0. The Balaban J connectivity index is 1.52. The molecule has 5 nitrogen and oxygen atoms in total. The van der Waals surface area contributed by atoms with Crippen molar-refractivity contribution in [2.45, 2.75) is 32.3 Å². The van der Waals surface area contributed by atoms with Crippen molar-refractivity contribution < 1.29 is 23.8 Å². The van der Waals surface area contributed by atoms with E-state index in [0.29, 0.717) is 17.1 Å². The number of rotatable bonds is 7. The van der Waals surface area contributed by atoms with Gasteiger partial charge in [0.2, 0.25) is 5.78 Å². The third kappa shape index (κ3) is 4.23. The SMILES string of the molecule is COc1ccc(OCC(=O)OC(C)C(=O)c2ccc3c(c2)CCC3)cc1. The Hall–Kier alpha value is -2.82. The van der Waals surface area contributed by atoms with E-state index in [2.05, 4.69) is 0 Å². The van der Waals surface area contributed by atoms with Gasteiger partial charge >= 0.3 is 5.97 Å². The van der Waals surface area contributed by atoms with Crippen molar-refractivity contribution >= 4 is 11.8 Å². The molecule has 0 fully saturated rings. The van der Waals surface area contributed by atoms with E-state index in [1.807, 2.05) is 18.2 Å². The largest absolute Gasteiger partial charge is 0.497 e. The molecular formula is C21H22O5. The van der Waals surface area contributed by atoms with Gasteiger partial charge in [0.1, 0.15) is 11.5 Å². The van der Waals surface area contributed by atoms with Crippen LogP contribution in [0.3, 0.4) is 0 Å². The molecule has 0 amide bonds. The van der Waals surface area contributed by atoms with Gasteiger partial charge in [-0.1, -0.05) is 12.1 Å². The number of hydrogen-bond acceptors (Lipinski definition) is 5. The average Bonchev–Trinajstić information content (AvgIpc) is 3.13. The van der Waals surface area contributed by atoms with Gasteiger partial charge in [-0.2, -0.15) is 0 Å². The van der Waals surface area contributed by atoms with Crippen LogP contribution in [-0.2, 0) is 22.4 Å². The Labute approximate surface area is 152 Å². The highest BCUT2D eigenvalue weighted by atomic mass is 16.6. The monoisotopic (exact) mass is 354 g/mol. The Morgan fingerprint density at radius 3 is 2.42 bits per heavy atom. The van der Waals surface area contributed by atoms with E-state index < -0.39 is 12.1 Å². The maximum atomic E-state index is 12.5. The second kappa shape index (κ2) is 8.04. The van der Waals surface area contributed by atoms with Gasteiger partial charge in [0.25, 0.3) is 0 Å². The number of fused-ring (bicyclic) bond motifs is 1. The minimum absolute atomic E-state index is 0.197. The van der Waals surface area contributed by atoms with Crippen molar-refractivity contribution in [3.8, 4) is 11.5 Å². The van der Waals surface area contributed by atoms with E-state index in [-0.39, 0.29) is 12.4 Å². The molecule has 0 radical (unpaired) electrons. The van der Waals surface area contributed by atoms with Crippen LogP contribution in [0.25, 0.3) is 0 Å². The van der Waals surface area contributed by atoms with Gasteiger partial charge in [-0.3, -0.25) is 4.79 Å². The van der Waals surface area contributed by atoms with E-state index in [1.165, 1.54) is 11.1 Å². The number of aryl methyl sites for hydroxylation is 2. The lowest BCUT2D eigenvalue weighted by molar-refractivity contribution is -0.148. The molecule has 0 bridgehead atoms. The van der Waals surface area contributed by atoms with Crippen molar-refractivity contribution in [1.82, 2.24) is 0 Å². The van der Waals surface area contributed by atoms with Crippen molar-refractivity contribution in [1.29, 1.82) is 0 Å². The molecule has 2 aromatic rings. The topological polar surface area (TPSA) is 61.8 Å². The lowest BCUT2D eigenvalue weighted by Crippen LogP contribution is -2.27. The number of ether oxygens (including phenoxy) is 3. The molecule has 1 aliphatic rings. The van der Waals surface area contributed by atoms with E-state index in [1.54, 1.807) is 38.3 Å². The van der Waals surface area contributed by atoms with Crippen LogP contribution in [0.4, 0.5) is 0 Å². The second-order valence-corrected chi connectivity index (χ2v) is 6.30. The minimum atomic E-state index is -0.846. The Morgan fingerprint density at radius 2 is 1.69 bits per heavy atom. The molecule has 0 aliphatic heterocycles. The van der Waals surface area contributed by atoms with Crippen LogP contribution >= 0.6 is 0 Å². The summed E-state index contributed by atoms with van der Waals surface area (Å²) in [6.07, 6.45) is 2.35. The maximum absolute atomic E-state index is 12.5. The van der Waals surface area contributed by atoms with Crippen molar-refractivity contribution in [3.63, 3.8) is 0 Å². The molecule has 1 atom stereocenters. The lowest BCUT2D eigenvalue weighted by Gasteiger charge is -2.13. The van der Waals surface area contributed by atoms with Crippen molar-refractivity contribution in [2.75, 3.05) is 13.7 Å². The van der Waals surface area contributed by atoms with Gasteiger partial charge in [-0.25, -0.2) is 4.79 Å². The van der Waals surface area contributed by atoms with Gasteiger partial charge < -0.3 is 14.2 Å². The highest BCUT2D eigenvalue weighted by Gasteiger charge is 2.21. The van der Waals surface area contributed by atoms with Gasteiger partial charge in [-0.15, -0.1) is 0 Å². The molecule has 0 heterocycles. The molecule has 1 aliphatic carbocycles. The van der Waals surface area contributed by atoms with E-state index in [0.717, 1.165) is 19.3 Å². The lowest BCUT2D eigenvalue weighted by atomic mass is 10.0. The summed E-state index contributed by atoms with van der Waals surface area (Å²) in [5, 5.41) is 0. The Kier molecular flexibility index (Phi) is 5.56. The molecule has 0 saturated heterocycles. The average molecular weight is 354 g/mol. The quantitative estimate of drug-likeness (QED) is 0.563. The summed E-state index contributed by atoms with van der Waals surface area (Å²) in [4.78, 5) is 24.4. The molecule has 1 unspecified atom stereocenters. The Morgan fingerprint density at radius 1 is 1.00 bits per heavy atom. The summed E-state index contributed by atoms with van der Waals surface area (Å²) in [5.41, 5.74) is 3.11. The fourth-order valence-electron chi connectivity index (χ4n) is 3.06. The maximum Gasteiger partial charge on any atom is 0.344 e. The number of benzene rings is 2. The molecule has 5 heteroatoms. The van der Waals surface area contributed by atoms with Crippen LogP contribution in [0, 0.1) is 0 Å². The summed E-state index contributed by atoms with van der Waals surface area (Å²) in [7, 11) is 1.58. The van der Waals surface area contributed by atoms with Crippen LogP contribution in [-0.4, -0.2) is 31.6 Å². The van der Waals surface area contributed by atoms with Crippen LogP contribution in [0.1, 0.15) is 34.8 Å². The first-order valence-corrected chi connectivity index (χ1v) is 8.69. The molecule has 0 aromatic heterocycles. The van der Waals surface area contributed by atoms with Gasteiger partial charge in [0.05, 0.1) is 7.11 Å². The zero-order chi connectivity index (χ0) is 18.5. The number of Topliss-reactive ketones (excluding diaryl/α,β-unsaturated/α-hetero) is 1. The molecule has 0 spiro atoms. The molecule has 0 N–H and O–H groups in total. The van der Waals surface area contributed by atoms with E-state index >= 15 is 0 Å². The zero-order valence-electron chi connectivity index (χ0n) is 15.0. The molecule has 3 rings (SSSR count). The summed E-state index contributed by atoms with van der Waals surface area (Å²) >= 11 is 0. The van der Waals surface area contributed by atoms with Crippen molar-refractivity contribution in [2.24, 2.45) is 0 Å². The standard InChI is InChI=1S/C21H22O5/c1-14(21(23)17-7-6-15-4-3-5-16(15)12-17)26-20(22)13-25-19-10-8-18(24-2)9-11-19/h6-12,14H,3-5,13H2,1-2H3. The highest BCUT2D eigenvalue weighted by molar-refractivity contribution is 6.00. The third-order valence-corrected chi connectivity index (χ3v) is 4.48. The summed E-state index contributed by atoms with van der Waals surface area (Å²) in [6, 6.07) is 12.6. The van der Waals surface area contributed by atoms with Gasteiger partial charge in [0, 0.05) is 5.56 Å².